The maximum atomic E-state index is 9.75. The molecule has 0 saturated heterocycles. The average molecular weight is 446 g/mol. The van der Waals surface area contributed by atoms with E-state index in [4.69, 9.17) is 4.74 Å². The zero-order valence-corrected chi connectivity index (χ0v) is 17.7. The van der Waals surface area contributed by atoms with Gasteiger partial charge in [-0.05, 0) is 49.7 Å². The lowest BCUT2D eigenvalue weighted by atomic mass is 10.2. The zero-order chi connectivity index (χ0) is 19.4. The summed E-state index contributed by atoms with van der Waals surface area (Å²) in [5, 5.41) is 16.5. The third-order valence-electron chi connectivity index (χ3n) is 3.72. The Hall–Kier alpha value is -2.38. The highest BCUT2D eigenvalue weighted by molar-refractivity contribution is 9.10. The summed E-state index contributed by atoms with van der Waals surface area (Å²) >= 11 is 5.03. The van der Waals surface area contributed by atoms with Crippen molar-refractivity contribution < 1.29 is 9.84 Å². The molecule has 0 aliphatic heterocycles. The third-order valence-corrected chi connectivity index (χ3v) is 5.08. The fraction of sp³-hybridized carbons (Fsp3) is 0.200. The fourth-order valence-electron chi connectivity index (χ4n) is 2.44. The first-order chi connectivity index (χ1) is 13.0. The van der Waals surface area contributed by atoms with Crippen LogP contribution in [-0.2, 0) is 0 Å². The molecule has 0 bridgehead atoms. The number of hydrogen-bond donors (Lipinski definition) is 1. The van der Waals surface area contributed by atoms with Crippen molar-refractivity contribution in [1.29, 1.82) is 0 Å². The van der Waals surface area contributed by atoms with Gasteiger partial charge in [0.25, 0.3) is 0 Å². The number of benzene rings is 2. The quantitative estimate of drug-likeness (QED) is 0.568. The monoisotopic (exact) mass is 445 g/mol. The second-order valence-electron chi connectivity index (χ2n) is 6.12. The van der Waals surface area contributed by atoms with Gasteiger partial charge in [0, 0.05) is 21.5 Å². The number of aromatic hydroxyl groups is 1. The van der Waals surface area contributed by atoms with Gasteiger partial charge in [0.1, 0.15) is 0 Å². The van der Waals surface area contributed by atoms with Crippen LogP contribution < -0.4 is 9.54 Å². The number of halogens is 1. The Morgan fingerprint density at radius 1 is 1.19 bits per heavy atom. The van der Waals surface area contributed by atoms with Crippen molar-refractivity contribution in [3.63, 3.8) is 0 Å². The maximum Gasteiger partial charge on any atom is 0.206 e. The third kappa shape index (κ3) is 4.67. The molecule has 1 aromatic heterocycles. The number of nitrogens with zero attached hydrogens (tertiary/aromatic N) is 3. The first kappa shape index (κ1) is 19.4. The van der Waals surface area contributed by atoms with Crippen molar-refractivity contribution in [2.24, 2.45) is 10.1 Å². The number of methoxy groups -OCH3 is 1. The van der Waals surface area contributed by atoms with E-state index in [2.05, 4.69) is 31.4 Å². The molecule has 0 amide bonds. The van der Waals surface area contributed by atoms with E-state index >= 15 is 0 Å². The predicted octanol–water partition coefficient (Wildman–Crippen LogP) is 4.88. The second-order valence-corrected chi connectivity index (χ2v) is 7.87. The van der Waals surface area contributed by atoms with Crippen LogP contribution in [0, 0.1) is 0 Å². The molecule has 0 spiro atoms. The van der Waals surface area contributed by atoms with Crippen molar-refractivity contribution in [3.8, 4) is 22.8 Å². The molecule has 3 aromatic rings. The van der Waals surface area contributed by atoms with Crippen LogP contribution in [0.2, 0.25) is 0 Å². The van der Waals surface area contributed by atoms with Gasteiger partial charge < -0.3 is 9.84 Å². The van der Waals surface area contributed by atoms with E-state index in [1.165, 1.54) is 7.11 Å². The highest BCUT2D eigenvalue weighted by atomic mass is 79.9. The number of phenols is 1. The van der Waals surface area contributed by atoms with E-state index in [0.717, 1.165) is 26.1 Å². The van der Waals surface area contributed by atoms with E-state index in [9.17, 15) is 5.11 Å². The van der Waals surface area contributed by atoms with E-state index < -0.39 is 0 Å². The number of rotatable bonds is 5. The maximum absolute atomic E-state index is 9.75. The standard InChI is InChI=1S/C20H20BrN3O2S/c1-13(2)23-20-24(17(12-27-20)15-5-7-16(21)8-6-15)22-11-14-4-9-18(25)19(10-14)26-3/h4-13,25H,1-3H3. The first-order valence-corrected chi connectivity index (χ1v) is 10.1. The van der Waals surface area contributed by atoms with Crippen LogP contribution in [0.3, 0.4) is 0 Å². The number of aromatic nitrogens is 1. The van der Waals surface area contributed by atoms with Crippen molar-refractivity contribution >= 4 is 33.5 Å². The molecule has 0 saturated carbocycles. The van der Waals surface area contributed by atoms with Gasteiger partial charge >= 0.3 is 0 Å². The van der Waals surface area contributed by atoms with Gasteiger partial charge in [0.05, 0.1) is 19.0 Å². The van der Waals surface area contributed by atoms with Crippen molar-refractivity contribution in [1.82, 2.24) is 4.68 Å². The summed E-state index contributed by atoms with van der Waals surface area (Å²) in [6.07, 6.45) is 1.73. The summed E-state index contributed by atoms with van der Waals surface area (Å²) in [7, 11) is 1.52. The lowest BCUT2D eigenvalue weighted by Crippen LogP contribution is -2.14. The highest BCUT2D eigenvalue weighted by Crippen LogP contribution is 2.26. The van der Waals surface area contributed by atoms with Crippen molar-refractivity contribution in [2.75, 3.05) is 7.11 Å². The van der Waals surface area contributed by atoms with E-state index in [1.54, 1.807) is 35.8 Å². The molecule has 27 heavy (non-hydrogen) atoms. The van der Waals surface area contributed by atoms with Gasteiger partial charge in [-0.2, -0.15) is 5.10 Å². The molecule has 3 rings (SSSR count). The summed E-state index contributed by atoms with van der Waals surface area (Å²) < 4.78 is 8.03. The van der Waals surface area contributed by atoms with Gasteiger partial charge in [0.2, 0.25) is 4.80 Å². The van der Waals surface area contributed by atoms with Gasteiger partial charge in [-0.3, -0.25) is 4.99 Å². The summed E-state index contributed by atoms with van der Waals surface area (Å²) in [5.74, 6) is 0.512. The smallest absolute Gasteiger partial charge is 0.206 e. The van der Waals surface area contributed by atoms with Crippen LogP contribution in [0.25, 0.3) is 11.3 Å². The van der Waals surface area contributed by atoms with E-state index in [0.29, 0.717) is 5.75 Å². The lowest BCUT2D eigenvalue weighted by Gasteiger charge is -2.06. The highest BCUT2D eigenvalue weighted by Gasteiger charge is 2.08. The molecule has 5 nitrogen and oxygen atoms in total. The molecular formula is C20H20BrN3O2S. The number of phenolic OH excluding ortho intramolecular Hbond substituents is 1. The van der Waals surface area contributed by atoms with E-state index in [-0.39, 0.29) is 11.8 Å². The predicted molar refractivity (Wildman–Crippen MR) is 114 cm³/mol. The summed E-state index contributed by atoms with van der Waals surface area (Å²) in [5.41, 5.74) is 2.84. The van der Waals surface area contributed by atoms with Crippen molar-refractivity contribution in [3.05, 3.63) is 62.7 Å². The number of ether oxygens (including phenoxy) is 1. The van der Waals surface area contributed by atoms with Crippen LogP contribution in [0.5, 0.6) is 11.5 Å². The zero-order valence-electron chi connectivity index (χ0n) is 15.3. The minimum Gasteiger partial charge on any atom is -0.504 e. The topological polar surface area (TPSA) is 59.1 Å². The fourth-order valence-corrected chi connectivity index (χ4v) is 3.67. The van der Waals surface area contributed by atoms with Gasteiger partial charge in [-0.25, -0.2) is 4.68 Å². The van der Waals surface area contributed by atoms with Gasteiger partial charge in [-0.15, -0.1) is 11.3 Å². The number of hydrogen-bond acceptors (Lipinski definition) is 5. The normalized spacial score (nSPS) is 12.3. The molecular weight excluding hydrogens is 426 g/mol. The van der Waals surface area contributed by atoms with Crippen LogP contribution in [-0.4, -0.2) is 29.1 Å². The summed E-state index contributed by atoms with van der Waals surface area (Å²) in [4.78, 5) is 5.50. The molecule has 0 fully saturated rings. The molecule has 1 heterocycles. The second kappa shape index (κ2) is 8.54. The first-order valence-electron chi connectivity index (χ1n) is 8.39. The molecule has 0 unspecified atom stereocenters. The van der Waals surface area contributed by atoms with Crippen molar-refractivity contribution in [2.45, 2.75) is 19.9 Å². The molecule has 0 atom stereocenters. The molecule has 0 radical (unpaired) electrons. The van der Waals surface area contributed by atoms with Gasteiger partial charge in [0.15, 0.2) is 11.5 Å². The Bertz CT molecular complexity index is 1020. The SMILES string of the molecule is COc1cc(C=Nn2c(-c3ccc(Br)cc3)csc2=NC(C)C)ccc1O. The lowest BCUT2D eigenvalue weighted by molar-refractivity contribution is 0.373. The number of thiazole rings is 1. The Morgan fingerprint density at radius 2 is 1.93 bits per heavy atom. The molecule has 0 aliphatic carbocycles. The largest absolute Gasteiger partial charge is 0.504 e. The van der Waals surface area contributed by atoms with Crippen LogP contribution in [0.4, 0.5) is 0 Å². The Labute approximate surface area is 170 Å². The van der Waals surface area contributed by atoms with Gasteiger partial charge in [-0.1, -0.05) is 28.1 Å². The molecule has 140 valence electrons. The van der Waals surface area contributed by atoms with Crippen LogP contribution >= 0.6 is 27.3 Å². The van der Waals surface area contributed by atoms with Crippen LogP contribution in [0.1, 0.15) is 19.4 Å². The molecule has 0 aliphatic rings. The summed E-state index contributed by atoms with van der Waals surface area (Å²) in [6.45, 7) is 4.08. The molecule has 7 heteroatoms. The van der Waals surface area contributed by atoms with Crippen LogP contribution in [0.15, 0.2) is 62.4 Å². The summed E-state index contributed by atoms with van der Waals surface area (Å²) in [6, 6.07) is 13.4. The minimum absolute atomic E-state index is 0.101. The minimum atomic E-state index is 0.101. The average Bonchev–Trinajstić information content (AvgIpc) is 3.03. The Morgan fingerprint density at radius 3 is 2.59 bits per heavy atom. The molecule has 2 aromatic carbocycles. The molecule has 1 N–H and O–H groups in total. The van der Waals surface area contributed by atoms with E-state index in [1.807, 2.05) is 42.8 Å². The Kier molecular flexibility index (Phi) is 6.13. The Balaban J connectivity index is 2.07.